The van der Waals surface area contributed by atoms with Gasteiger partial charge in [0.15, 0.2) is 0 Å². The van der Waals surface area contributed by atoms with Crippen LogP contribution in [0.25, 0.3) is 0 Å². The Bertz CT molecular complexity index is 907. The third-order valence-electron chi connectivity index (χ3n) is 3.73. The lowest BCUT2D eigenvalue weighted by molar-refractivity contribution is -0.384. The summed E-state index contributed by atoms with van der Waals surface area (Å²) in [7, 11) is 1.28. The van der Waals surface area contributed by atoms with Crippen molar-refractivity contribution in [3.63, 3.8) is 0 Å². The van der Waals surface area contributed by atoms with Crippen molar-refractivity contribution in [2.24, 2.45) is 0 Å². The molecule has 2 rings (SSSR count). The molecule has 0 saturated heterocycles. The molecule has 0 bridgehead atoms. The number of hydrogen-bond donors (Lipinski definition) is 1. The Balaban J connectivity index is 2.15. The van der Waals surface area contributed by atoms with E-state index >= 15 is 0 Å². The highest BCUT2D eigenvalue weighted by atomic mass is 16.6. The van der Waals surface area contributed by atoms with Crippen LogP contribution < -0.4 is 5.32 Å². The number of nitrogens with one attached hydrogen (secondary N) is 1. The predicted octanol–water partition coefficient (Wildman–Crippen LogP) is 2.49. The highest BCUT2D eigenvalue weighted by Crippen LogP contribution is 2.18. The van der Waals surface area contributed by atoms with Gasteiger partial charge in [-0.15, -0.1) is 0 Å². The Morgan fingerprint density at radius 2 is 1.64 bits per heavy atom. The second-order valence-electron chi connectivity index (χ2n) is 5.62. The SMILES string of the molecule is CCOC(=O)c1cc(C(=O)NCc2ccc(C(=O)OC)cc2)cc([N+](=O)[O-])c1. The van der Waals surface area contributed by atoms with Crippen LogP contribution in [-0.4, -0.2) is 36.5 Å². The number of carbonyl (C=O) groups excluding carboxylic acids is 3. The monoisotopic (exact) mass is 386 g/mol. The first kappa shape index (κ1) is 20.6. The molecule has 1 N–H and O–H groups in total. The van der Waals surface area contributed by atoms with Crippen molar-refractivity contribution in [1.82, 2.24) is 5.32 Å². The maximum absolute atomic E-state index is 12.4. The maximum Gasteiger partial charge on any atom is 0.338 e. The zero-order valence-electron chi connectivity index (χ0n) is 15.3. The van der Waals surface area contributed by atoms with Crippen LogP contribution in [0.3, 0.4) is 0 Å². The van der Waals surface area contributed by atoms with Gasteiger partial charge in [0.1, 0.15) is 0 Å². The zero-order chi connectivity index (χ0) is 20.7. The first-order valence-corrected chi connectivity index (χ1v) is 8.27. The quantitative estimate of drug-likeness (QED) is 0.440. The van der Waals surface area contributed by atoms with Gasteiger partial charge >= 0.3 is 11.9 Å². The number of benzene rings is 2. The van der Waals surface area contributed by atoms with E-state index in [1.54, 1.807) is 31.2 Å². The van der Waals surface area contributed by atoms with Crippen LogP contribution >= 0.6 is 0 Å². The predicted molar refractivity (Wildman–Crippen MR) is 98.0 cm³/mol. The Morgan fingerprint density at radius 1 is 1.00 bits per heavy atom. The molecule has 0 aromatic heterocycles. The molecule has 0 aliphatic rings. The highest BCUT2D eigenvalue weighted by molar-refractivity contribution is 5.99. The molecular formula is C19H18N2O7. The summed E-state index contributed by atoms with van der Waals surface area (Å²) in [5.74, 6) is -1.82. The number of non-ortho nitro benzene ring substituents is 1. The average Bonchev–Trinajstić information content (AvgIpc) is 2.71. The summed E-state index contributed by atoms with van der Waals surface area (Å²) >= 11 is 0. The lowest BCUT2D eigenvalue weighted by atomic mass is 10.1. The molecule has 28 heavy (non-hydrogen) atoms. The fourth-order valence-corrected chi connectivity index (χ4v) is 2.34. The van der Waals surface area contributed by atoms with Crippen LogP contribution in [0.2, 0.25) is 0 Å². The molecule has 146 valence electrons. The van der Waals surface area contributed by atoms with Gasteiger partial charge in [0.05, 0.1) is 29.8 Å². The molecule has 0 saturated carbocycles. The normalized spacial score (nSPS) is 10.1. The molecular weight excluding hydrogens is 368 g/mol. The van der Waals surface area contributed by atoms with Crippen LogP contribution in [0.4, 0.5) is 5.69 Å². The first-order chi connectivity index (χ1) is 13.3. The topological polar surface area (TPSA) is 125 Å². The van der Waals surface area contributed by atoms with Gasteiger partial charge in [-0.25, -0.2) is 9.59 Å². The molecule has 2 aromatic rings. The number of carbonyl (C=O) groups is 3. The first-order valence-electron chi connectivity index (χ1n) is 8.27. The largest absolute Gasteiger partial charge is 0.465 e. The Hall–Kier alpha value is -3.75. The fraction of sp³-hybridized carbons (Fsp3) is 0.211. The van der Waals surface area contributed by atoms with Crippen molar-refractivity contribution >= 4 is 23.5 Å². The Labute approximate surface area is 160 Å². The van der Waals surface area contributed by atoms with E-state index in [-0.39, 0.29) is 24.3 Å². The minimum absolute atomic E-state index is 0.0385. The number of methoxy groups -OCH3 is 1. The third-order valence-corrected chi connectivity index (χ3v) is 3.73. The van der Waals surface area contributed by atoms with Crippen molar-refractivity contribution in [2.75, 3.05) is 13.7 Å². The third kappa shape index (κ3) is 5.13. The lowest BCUT2D eigenvalue weighted by Gasteiger charge is -2.08. The summed E-state index contributed by atoms with van der Waals surface area (Å²) < 4.78 is 9.44. The van der Waals surface area contributed by atoms with Gasteiger partial charge in [-0.2, -0.15) is 0 Å². The van der Waals surface area contributed by atoms with E-state index in [0.717, 1.165) is 12.1 Å². The lowest BCUT2D eigenvalue weighted by Crippen LogP contribution is -2.23. The molecule has 1 amide bonds. The van der Waals surface area contributed by atoms with Crippen molar-refractivity contribution in [3.05, 3.63) is 74.8 Å². The highest BCUT2D eigenvalue weighted by Gasteiger charge is 2.18. The number of amides is 1. The van der Waals surface area contributed by atoms with E-state index in [9.17, 15) is 24.5 Å². The second kappa shape index (κ2) is 9.26. The summed E-state index contributed by atoms with van der Waals surface area (Å²) in [6, 6.07) is 9.77. The molecule has 0 atom stereocenters. The number of ether oxygens (including phenoxy) is 2. The molecule has 2 aromatic carbocycles. The van der Waals surface area contributed by atoms with E-state index in [2.05, 4.69) is 10.1 Å². The molecule has 0 radical (unpaired) electrons. The number of hydrogen-bond acceptors (Lipinski definition) is 7. The van der Waals surface area contributed by atoms with Crippen molar-refractivity contribution in [2.45, 2.75) is 13.5 Å². The zero-order valence-corrected chi connectivity index (χ0v) is 15.3. The maximum atomic E-state index is 12.4. The summed E-state index contributed by atoms with van der Waals surface area (Å²) in [5.41, 5.74) is 0.567. The number of esters is 2. The Morgan fingerprint density at radius 3 is 2.21 bits per heavy atom. The molecule has 0 heterocycles. The van der Waals surface area contributed by atoms with Crippen LogP contribution in [0.5, 0.6) is 0 Å². The number of nitro benzene ring substituents is 1. The molecule has 0 aliphatic carbocycles. The molecule has 0 unspecified atom stereocenters. The summed E-state index contributed by atoms with van der Waals surface area (Å²) in [6.45, 7) is 1.83. The molecule has 0 fully saturated rings. The van der Waals surface area contributed by atoms with Crippen LogP contribution in [0.15, 0.2) is 42.5 Å². The van der Waals surface area contributed by atoms with Gasteiger partial charge in [-0.05, 0) is 30.7 Å². The van der Waals surface area contributed by atoms with Gasteiger partial charge in [0.2, 0.25) is 0 Å². The van der Waals surface area contributed by atoms with Crippen LogP contribution in [0, 0.1) is 10.1 Å². The molecule has 9 nitrogen and oxygen atoms in total. The second-order valence-corrected chi connectivity index (χ2v) is 5.62. The van der Waals surface area contributed by atoms with Crippen molar-refractivity contribution < 1.29 is 28.8 Å². The minimum Gasteiger partial charge on any atom is -0.465 e. The van der Waals surface area contributed by atoms with E-state index in [1.165, 1.54) is 13.2 Å². The number of rotatable bonds is 7. The fourth-order valence-electron chi connectivity index (χ4n) is 2.34. The van der Waals surface area contributed by atoms with Crippen LogP contribution in [-0.2, 0) is 16.0 Å². The van der Waals surface area contributed by atoms with E-state index in [4.69, 9.17) is 4.74 Å². The van der Waals surface area contributed by atoms with Crippen LogP contribution in [0.1, 0.15) is 43.6 Å². The van der Waals surface area contributed by atoms with E-state index in [1.807, 2.05) is 0 Å². The van der Waals surface area contributed by atoms with Gasteiger partial charge in [0.25, 0.3) is 11.6 Å². The molecule has 9 heteroatoms. The van der Waals surface area contributed by atoms with Gasteiger partial charge in [0, 0.05) is 24.2 Å². The molecule has 0 spiro atoms. The molecule has 0 aliphatic heterocycles. The summed E-state index contributed by atoms with van der Waals surface area (Å²) in [5, 5.41) is 13.7. The van der Waals surface area contributed by atoms with Crippen molar-refractivity contribution in [3.8, 4) is 0 Å². The smallest absolute Gasteiger partial charge is 0.338 e. The number of nitrogens with zero attached hydrogens (tertiary/aromatic N) is 1. The van der Waals surface area contributed by atoms with Gasteiger partial charge in [-0.1, -0.05) is 12.1 Å². The Kier molecular flexibility index (Phi) is 6.80. The number of nitro groups is 1. The summed E-state index contributed by atoms with van der Waals surface area (Å²) in [6.07, 6.45) is 0. The summed E-state index contributed by atoms with van der Waals surface area (Å²) in [4.78, 5) is 46.1. The minimum atomic E-state index is -0.751. The van der Waals surface area contributed by atoms with Gasteiger partial charge in [-0.3, -0.25) is 14.9 Å². The standard InChI is InChI=1S/C19H18N2O7/c1-3-28-19(24)15-8-14(9-16(10-15)21(25)26)17(22)20-11-12-4-6-13(7-5-12)18(23)27-2/h4-10H,3,11H2,1-2H3,(H,20,22). The van der Waals surface area contributed by atoms with E-state index < -0.39 is 28.5 Å². The van der Waals surface area contributed by atoms with Crippen molar-refractivity contribution in [1.29, 1.82) is 0 Å². The van der Waals surface area contributed by atoms with Gasteiger partial charge < -0.3 is 14.8 Å². The average molecular weight is 386 g/mol. The van der Waals surface area contributed by atoms with E-state index in [0.29, 0.717) is 11.1 Å².